The molecule has 0 saturated carbocycles. The van der Waals surface area contributed by atoms with E-state index < -0.39 is 12.1 Å². The van der Waals surface area contributed by atoms with Crippen LogP contribution in [0, 0.1) is 0 Å². The molecule has 2 rings (SSSR count). The summed E-state index contributed by atoms with van der Waals surface area (Å²) in [6.07, 6.45) is 0.575. The number of benzene rings is 1. The Morgan fingerprint density at radius 3 is 2.55 bits per heavy atom. The number of anilines is 1. The smallest absolute Gasteiger partial charge is 0.419 e. The van der Waals surface area contributed by atoms with Crippen LogP contribution in [-0.4, -0.2) is 49.2 Å². The van der Waals surface area contributed by atoms with Crippen molar-refractivity contribution >= 4 is 68.8 Å². The largest absolute Gasteiger partial charge is 0.481 e. The van der Waals surface area contributed by atoms with Gasteiger partial charge < -0.3 is 15.2 Å². The lowest BCUT2D eigenvalue weighted by atomic mass is 9.96. The maximum absolute atomic E-state index is 12.8. The Bertz CT molecular complexity index is 967. The van der Waals surface area contributed by atoms with Crippen LogP contribution in [0.3, 0.4) is 0 Å². The van der Waals surface area contributed by atoms with Crippen LogP contribution in [0.2, 0.25) is 0 Å². The van der Waals surface area contributed by atoms with Gasteiger partial charge in [0.05, 0.1) is 29.7 Å². The molecule has 0 saturated heterocycles. The normalized spacial score (nSPS) is 11.5. The van der Waals surface area contributed by atoms with Gasteiger partial charge in [0.25, 0.3) is 0 Å². The second-order valence-corrected chi connectivity index (χ2v) is 10.7. The van der Waals surface area contributed by atoms with Crippen LogP contribution < -0.4 is 5.32 Å². The fourth-order valence-electron chi connectivity index (χ4n) is 2.79. The van der Waals surface area contributed by atoms with Crippen LogP contribution in [0.1, 0.15) is 53.3 Å². The number of thiocarbonyl (C=S) groups is 1. The molecule has 1 aromatic heterocycles. The summed E-state index contributed by atoms with van der Waals surface area (Å²) in [6, 6.07) is 3.84. The average molecular weight is 484 g/mol. The lowest BCUT2D eigenvalue weighted by Crippen LogP contribution is -2.24. The molecule has 7 nitrogen and oxygen atoms in total. The molecule has 2 aromatic rings. The SMILES string of the molecule is CCCSc1cc2nc(C(C)(C)C)n(C(=O)OCC)c2cc1NC(=S)SCCC(=O)O. The third-order valence-corrected chi connectivity index (χ3v) is 6.61. The first-order chi connectivity index (χ1) is 14.6. The molecule has 31 heavy (non-hydrogen) atoms. The molecule has 0 aliphatic carbocycles. The van der Waals surface area contributed by atoms with Crippen molar-refractivity contribution in [2.75, 3.05) is 23.4 Å². The molecule has 0 spiro atoms. The highest BCUT2D eigenvalue weighted by Gasteiger charge is 2.28. The molecule has 2 N–H and O–H groups in total. The first-order valence-electron chi connectivity index (χ1n) is 10.1. The van der Waals surface area contributed by atoms with Crippen LogP contribution in [0.15, 0.2) is 17.0 Å². The van der Waals surface area contributed by atoms with E-state index in [4.69, 9.17) is 27.0 Å². The van der Waals surface area contributed by atoms with Crippen LogP contribution in [-0.2, 0) is 14.9 Å². The quantitative estimate of drug-likeness (QED) is 0.360. The Hall–Kier alpha value is -1.78. The van der Waals surface area contributed by atoms with Gasteiger partial charge in [-0.1, -0.05) is 51.7 Å². The van der Waals surface area contributed by atoms with E-state index in [0.29, 0.717) is 26.9 Å². The number of hydrogen-bond acceptors (Lipinski definition) is 7. The first-order valence-corrected chi connectivity index (χ1v) is 12.5. The van der Waals surface area contributed by atoms with Crippen LogP contribution >= 0.6 is 35.7 Å². The predicted molar refractivity (Wildman–Crippen MR) is 133 cm³/mol. The number of carboxylic acid groups (broad SMARTS) is 1. The van der Waals surface area contributed by atoms with E-state index >= 15 is 0 Å². The van der Waals surface area contributed by atoms with Crippen molar-refractivity contribution in [1.29, 1.82) is 0 Å². The number of carbonyl (C=O) groups excluding carboxylic acids is 1. The highest BCUT2D eigenvalue weighted by Crippen LogP contribution is 2.35. The summed E-state index contributed by atoms with van der Waals surface area (Å²) < 4.78 is 7.30. The number of nitrogens with one attached hydrogen (secondary N) is 1. The van der Waals surface area contributed by atoms with Gasteiger partial charge in [0, 0.05) is 16.1 Å². The summed E-state index contributed by atoms with van der Waals surface area (Å²) in [5, 5.41) is 12.1. The van der Waals surface area contributed by atoms with Gasteiger partial charge in [0.2, 0.25) is 0 Å². The molecule has 1 heterocycles. The highest BCUT2D eigenvalue weighted by molar-refractivity contribution is 8.23. The molecule has 0 unspecified atom stereocenters. The first kappa shape index (κ1) is 25.5. The van der Waals surface area contributed by atoms with Gasteiger partial charge in [-0.25, -0.2) is 14.3 Å². The monoisotopic (exact) mass is 483 g/mol. The number of rotatable bonds is 8. The van der Waals surface area contributed by atoms with E-state index in [9.17, 15) is 9.59 Å². The lowest BCUT2D eigenvalue weighted by Gasteiger charge is -2.19. The molecule has 0 aliphatic heterocycles. The Labute approximate surface area is 196 Å². The summed E-state index contributed by atoms with van der Waals surface area (Å²) in [4.78, 5) is 29.3. The van der Waals surface area contributed by atoms with Crippen LogP contribution in [0.4, 0.5) is 10.5 Å². The fraction of sp³-hybridized carbons (Fsp3) is 0.524. The van der Waals surface area contributed by atoms with Gasteiger partial charge >= 0.3 is 12.1 Å². The Morgan fingerprint density at radius 2 is 1.97 bits per heavy atom. The van der Waals surface area contributed by atoms with E-state index in [0.717, 1.165) is 22.8 Å². The molecule has 10 heteroatoms. The topological polar surface area (TPSA) is 93.5 Å². The summed E-state index contributed by atoms with van der Waals surface area (Å²) in [5.41, 5.74) is 1.76. The van der Waals surface area contributed by atoms with Gasteiger partial charge in [-0.3, -0.25) is 4.79 Å². The predicted octanol–water partition coefficient (Wildman–Crippen LogP) is 5.75. The number of imidazole rings is 1. The number of fused-ring (bicyclic) bond motifs is 1. The Balaban J connectivity index is 2.53. The van der Waals surface area contributed by atoms with Crippen molar-refractivity contribution in [3.63, 3.8) is 0 Å². The van der Waals surface area contributed by atoms with E-state index in [1.807, 2.05) is 32.9 Å². The maximum Gasteiger partial charge on any atom is 0.419 e. The number of hydrogen-bond donors (Lipinski definition) is 2. The third kappa shape index (κ3) is 6.85. The lowest BCUT2D eigenvalue weighted by molar-refractivity contribution is -0.136. The number of nitrogens with zero attached hydrogens (tertiary/aromatic N) is 2. The number of ether oxygens (including phenoxy) is 1. The van der Waals surface area contributed by atoms with Gasteiger partial charge in [0.15, 0.2) is 0 Å². The fourth-order valence-corrected chi connectivity index (χ4v) is 4.68. The van der Waals surface area contributed by atoms with Crippen molar-refractivity contribution in [2.45, 2.75) is 57.8 Å². The van der Waals surface area contributed by atoms with E-state index in [1.165, 1.54) is 16.3 Å². The van der Waals surface area contributed by atoms with Crippen molar-refractivity contribution in [1.82, 2.24) is 9.55 Å². The molecular weight excluding hydrogens is 454 g/mol. The standard InChI is InChI=1S/C21H29N3O4S3/c1-6-9-30-16-12-13-15(11-14(16)23-19(29)31-10-8-17(25)26)24(20(27)28-7-2)18(22-13)21(3,4)5/h11-12H,6-10H2,1-5H3,(H,23,29)(H,25,26). The van der Waals surface area contributed by atoms with Crippen LogP contribution in [0.25, 0.3) is 11.0 Å². The Kier molecular flexibility index (Phi) is 9.20. The van der Waals surface area contributed by atoms with E-state index in [1.54, 1.807) is 18.7 Å². The summed E-state index contributed by atoms with van der Waals surface area (Å²) in [6.45, 7) is 10.2. The zero-order valence-corrected chi connectivity index (χ0v) is 20.9. The zero-order chi connectivity index (χ0) is 23.2. The molecule has 0 amide bonds. The Morgan fingerprint density at radius 1 is 1.26 bits per heavy atom. The molecule has 0 aliphatic rings. The molecule has 0 fully saturated rings. The average Bonchev–Trinajstić information content (AvgIpc) is 3.05. The molecular formula is C21H29N3O4S3. The number of aliphatic carboxylic acids is 1. The molecule has 0 atom stereocenters. The van der Waals surface area contributed by atoms with E-state index in [-0.39, 0.29) is 18.4 Å². The number of thioether (sulfide) groups is 2. The summed E-state index contributed by atoms with van der Waals surface area (Å²) >= 11 is 8.37. The summed E-state index contributed by atoms with van der Waals surface area (Å²) in [5.74, 6) is 1.08. The van der Waals surface area contributed by atoms with Crippen molar-refractivity contribution in [3.8, 4) is 0 Å². The van der Waals surface area contributed by atoms with Gasteiger partial charge in [0.1, 0.15) is 10.1 Å². The summed E-state index contributed by atoms with van der Waals surface area (Å²) in [7, 11) is 0. The molecule has 1 aromatic carbocycles. The molecule has 0 radical (unpaired) electrons. The van der Waals surface area contributed by atoms with Crippen molar-refractivity contribution in [3.05, 3.63) is 18.0 Å². The van der Waals surface area contributed by atoms with Gasteiger partial charge in [-0.15, -0.1) is 11.8 Å². The van der Waals surface area contributed by atoms with Crippen LogP contribution in [0.5, 0.6) is 0 Å². The number of carboxylic acids is 1. The zero-order valence-electron chi connectivity index (χ0n) is 18.5. The van der Waals surface area contributed by atoms with E-state index in [2.05, 4.69) is 12.2 Å². The minimum Gasteiger partial charge on any atom is -0.481 e. The highest BCUT2D eigenvalue weighted by atomic mass is 32.2. The van der Waals surface area contributed by atoms with Gasteiger partial charge in [-0.2, -0.15) is 0 Å². The minimum absolute atomic E-state index is 0.0353. The van der Waals surface area contributed by atoms with Crippen molar-refractivity contribution in [2.24, 2.45) is 0 Å². The minimum atomic E-state index is -0.857. The maximum atomic E-state index is 12.8. The third-order valence-electron chi connectivity index (χ3n) is 4.12. The second kappa shape index (κ2) is 11.2. The molecule has 0 bridgehead atoms. The second-order valence-electron chi connectivity index (χ2n) is 7.81. The van der Waals surface area contributed by atoms with Crippen molar-refractivity contribution < 1.29 is 19.4 Å². The molecule has 170 valence electrons. The van der Waals surface area contributed by atoms with Gasteiger partial charge in [-0.05, 0) is 31.2 Å². The number of aromatic nitrogens is 2. The number of carbonyl (C=O) groups is 2.